The predicted octanol–water partition coefficient (Wildman–Crippen LogP) is 3.76. The maximum atomic E-state index is 11.4. The summed E-state index contributed by atoms with van der Waals surface area (Å²) < 4.78 is 30.8. The molecule has 1 aliphatic heterocycles. The number of hydrogen-bond donors (Lipinski definition) is 1. The van der Waals surface area contributed by atoms with Gasteiger partial charge in [-0.2, -0.15) is 5.26 Å². The van der Waals surface area contributed by atoms with Gasteiger partial charge in [-0.15, -0.1) is 0 Å². The Morgan fingerprint density at radius 2 is 1.96 bits per heavy atom. The first-order valence-corrected chi connectivity index (χ1v) is 10.9. The van der Waals surface area contributed by atoms with Crippen molar-refractivity contribution in [2.75, 3.05) is 24.6 Å². The highest BCUT2D eigenvalue weighted by Crippen LogP contribution is 2.40. The van der Waals surface area contributed by atoms with Gasteiger partial charge < -0.3 is 9.64 Å². The fraction of sp³-hybridized carbons (Fsp3) is 0.286. The molecule has 1 heterocycles. The number of nitriles is 1. The van der Waals surface area contributed by atoms with E-state index in [1.165, 1.54) is 0 Å². The van der Waals surface area contributed by atoms with Crippen LogP contribution in [0.5, 0.6) is 0 Å². The fourth-order valence-corrected chi connectivity index (χ4v) is 3.98. The zero-order valence-corrected chi connectivity index (χ0v) is 17.0. The highest BCUT2D eigenvalue weighted by Gasteiger charge is 2.29. The number of nitrogens with zero attached hydrogens (tertiary/aromatic N) is 2. The van der Waals surface area contributed by atoms with Crippen molar-refractivity contribution in [3.63, 3.8) is 0 Å². The molecule has 0 atom stereocenters. The predicted molar refractivity (Wildman–Crippen MR) is 110 cm³/mol. The average Bonchev–Trinajstić information content (AvgIpc) is 2.84. The van der Waals surface area contributed by atoms with Crippen molar-refractivity contribution in [1.82, 2.24) is 4.90 Å². The zero-order valence-electron chi connectivity index (χ0n) is 16.2. The topological polar surface area (TPSA) is 82.4 Å². The van der Waals surface area contributed by atoms with Gasteiger partial charge in [-0.05, 0) is 41.8 Å². The number of methoxy groups -OCH3 is 1. The zero-order chi connectivity index (χ0) is 20.3. The molecule has 0 radical (unpaired) electrons. The Morgan fingerprint density at radius 3 is 2.54 bits per heavy atom. The standard InChI is InChI=1S/C21H23N3O3S/c1-4-11-24-18-12-16(7-10-19(13-18)27-2)20(14-22)21(24)15-5-8-17(9-6-15)23-28(3,25)26/h5-10,13,23H,4,11-12H2,1-3H3. The summed E-state index contributed by atoms with van der Waals surface area (Å²) in [4.78, 5) is 2.16. The molecule has 28 heavy (non-hydrogen) atoms. The van der Waals surface area contributed by atoms with Crippen LogP contribution < -0.4 is 4.72 Å². The first kappa shape index (κ1) is 19.8. The normalized spacial score (nSPS) is 16.5. The Balaban J connectivity index is 2.12. The third-order valence-corrected chi connectivity index (χ3v) is 5.17. The molecule has 3 rings (SSSR count). The summed E-state index contributed by atoms with van der Waals surface area (Å²) >= 11 is 0. The van der Waals surface area contributed by atoms with Crippen molar-refractivity contribution in [3.05, 3.63) is 70.7 Å². The van der Waals surface area contributed by atoms with Crippen LogP contribution in [-0.2, 0) is 14.8 Å². The van der Waals surface area contributed by atoms with Crippen LogP contribution in [0.4, 0.5) is 5.69 Å². The van der Waals surface area contributed by atoms with Gasteiger partial charge in [0, 0.05) is 24.4 Å². The summed E-state index contributed by atoms with van der Waals surface area (Å²) in [7, 11) is -1.71. The molecule has 0 unspecified atom stereocenters. The number of rotatable bonds is 6. The van der Waals surface area contributed by atoms with Gasteiger partial charge in [0.15, 0.2) is 0 Å². The van der Waals surface area contributed by atoms with Crippen LogP contribution in [0.1, 0.15) is 25.3 Å². The van der Waals surface area contributed by atoms with Gasteiger partial charge in [0.1, 0.15) is 11.8 Å². The number of benzene rings is 1. The Hall–Kier alpha value is -2.98. The molecule has 1 aromatic rings. The van der Waals surface area contributed by atoms with Gasteiger partial charge in [-0.3, -0.25) is 4.72 Å². The number of allylic oxidation sites excluding steroid dienone is 5. The number of nitrogens with one attached hydrogen (secondary N) is 1. The molecule has 1 aliphatic carbocycles. The molecule has 2 aliphatic rings. The van der Waals surface area contributed by atoms with Gasteiger partial charge in [0.2, 0.25) is 10.0 Å². The molecule has 1 N–H and O–H groups in total. The third kappa shape index (κ3) is 4.12. The SMILES string of the molecule is CCCN1C2=CC(OC)=CC=C(C2)C(C#N)=C1c1ccc(NS(C)(=O)=O)cc1. The lowest BCUT2D eigenvalue weighted by Crippen LogP contribution is -2.28. The largest absolute Gasteiger partial charge is 0.497 e. The van der Waals surface area contributed by atoms with Crippen LogP contribution in [0.3, 0.4) is 0 Å². The van der Waals surface area contributed by atoms with Crippen LogP contribution in [0.25, 0.3) is 5.70 Å². The van der Waals surface area contributed by atoms with Crippen molar-refractivity contribution >= 4 is 21.4 Å². The molecule has 0 saturated heterocycles. The van der Waals surface area contributed by atoms with Crippen molar-refractivity contribution in [2.45, 2.75) is 19.8 Å². The van der Waals surface area contributed by atoms with Crippen molar-refractivity contribution in [1.29, 1.82) is 5.26 Å². The van der Waals surface area contributed by atoms with Gasteiger partial charge in [-0.1, -0.05) is 25.1 Å². The van der Waals surface area contributed by atoms with Crippen molar-refractivity contribution in [3.8, 4) is 6.07 Å². The minimum Gasteiger partial charge on any atom is -0.497 e. The van der Waals surface area contributed by atoms with Gasteiger partial charge in [-0.25, -0.2) is 8.42 Å². The first-order valence-electron chi connectivity index (χ1n) is 9.02. The Labute approximate surface area is 166 Å². The van der Waals surface area contributed by atoms with Gasteiger partial charge in [0.25, 0.3) is 0 Å². The second-order valence-electron chi connectivity index (χ2n) is 6.72. The summed E-state index contributed by atoms with van der Waals surface area (Å²) in [5.74, 6) is 0.748. The number of ether oxygens (including phenoxy) is 1. The summed E-state index contributed by atoms with van der Waals surface area (Å²) in [5.41, 5.74) is 4.84. The quantitative estimate of drug-likeness (QED) is 0.790. The van der Waals surface area contributed by atoms with E-state index in [1.807, 2.05) is 30.4 Å². The summed E-state index contributed by atoms with van der Waals surface area (Å²) in [6, 6.07) is 9.47. The number of fused-ring (bicyclic) bond motifs is 2. The van der Waals surface area contributed by atoms with E-state index in [9.17, 15) is 13.7 Å². The smallest absolute Gasteiger partial charge is 0.229 e. The minimum absolute atomic E-state index is 0.488. The maximum Gasteiger partial charge on any atom is 0.229 e. The van der Waals surface area contributed by atoms with E-state index >= 15 is 0 Å². The molecule has 1 aromatic carbocycles. The van der Waals surface area contributed by atoms with Gasteiger partial charge >= 0.3 is 0 Å². The van der Waals surface area contributed by atoms with Crippen molar-refractivity contribution < 1.29 is 13.2 Å². The molecule has 0 spiro atoms. The van der Waals surface area contributed by atoms with E-state index in [0.29, 0.717) is 17.7 Å². The van der Waals surface area contributed by atoms with E-state index in [1.54, 1.807) is 19.2 Å². The molecule has 2 bridgehead atoms. The molecular formula is C21H23N3O3S. The fourth-order valence-electron chi connectivity index (χ4n) is 3.42. The molecule has 6 nitrogen and oxygen atoms in total. The molecule has 0 fully saturated rings. The number of hydrogen-bond acceptors (Lipinski definition) is 5. The molecule has 0 amide bonds. The Kier molecular flexibility index (Phi) is 5.61. The van der Waals surface area contributed by atoms with Crippen molar-refractivity contribution in [2.24, 2.45) is 0 Å². The van der Waals surface area contributed by atoms with Crippen LogP contribution in [0.15, 0.2) is 65.1 Å². The lowest BCUT2D eigenvalue weighted by Gasteiger charge is -2.35. The molecule has 0 saturated carbocycles. The van der Waals surface area contributed by atoms with Crippen LogP contribution in [0, 0.1) is 11.3 Å². The number of sulfonamides is 1. The Morgan fingerprint density at radius 1 is 1.25 bits per heavy atom. The summed E-state index contributed by atoms with van der Waals surface area (Å²) in [6.07, 6.45) is 8.52. The van der Waals surface area contributed by atoms with Gasteiger partial charge in [0.05, 0.1) is 24.6 Å². The number of anilines is 1. The average molecular weight is 398 g/mol. The third-order valence-electron chi connectivity index (χ3n) is 4.56. The minimum atomic E-state index is -3.34. The van der Waals surface area contributed by atoms with E-state index in [2.05, 4.69) is 22.6 Å². The molecule has 146 valence electrons. The maximum absolute atomic E-state index is 11.4. The summed E-state index contributed by atoms with van der Waals surface area (Å²) in [5, 5.41) is 9.90. The van der Waals surface area contributed by atoms with E-state index in [-0.39, 0.29) is 0 Å². The molecule has 7 heteroatoms. The summed E-state index contributed by atoms with van der Waals surface area (Å²) in [6.45, 7) is 2.86. The van der Waals surface area contributed by atoms with E-state index in [4.69, 9.17) is 4.74 Å². The molecule has 0 aromatic heterocycles. The van der Waals surface area contributed by atoms with Crippen LogP contribution in [-0.4, -0.2) is 33.2 Å². The van der Waals surface area contributed by atoms with Crippen LogP contribution >= 0.6 is 0 Å². The highest BCUT2D eigenvalue weighted by atomic mass is 32.2. The monoisotopic (exact) mass is 397 g/mol. The van der Waals surface area contributed by atoms with E-state index < -0.39 is 10.0 Å². The first-order chi connectivity index (χ1) is 13.4. The second-order valence-corrected chi connectivity index (χ2v) is 8.46. The lowest BCUT2D eigenvalue weighted by atomic mass is 9.91. The van der Waals surface area contributed by atoms with Crippen LogP contribution in [0.2, 0.25) is 0 Å². The van der Waals surface area contributed by atoms with E-state index in [0.717, 1.165) is 47.5 Å². The highest BCUT2D eigenvalue weighted by molar-refractivity contribution is 7.92. The molecular weight excluding hydrogens is 374 g/mol. The Bertz CT molecular complexity index is 1040. The second kappa shape index (κ2) is 7.95. The lowest BCUT2D eigenvalue weighted by molar-refractivity contribution is 0.304.